The maximum Gasteiger partial charge on any atom is 0.411 e. The van der Waals surface area contributed by atoms with Gasteiger partial charge in [-0.25, -0.2) is 4.79 Å². The van der Waals surface area contributed by atoms with Crippen LogP contribution in [0.15, 0.2) is 27.6 Å². The van der Waals surface area contributed by atoms with Crippen LogP contribution in [0.5, 0.6) is 0 Å². The van der Waals surface area contributed by atoms with E-state index in [0.29, 0.717) is 12.3 Å². The van der Waals surface area contributed by atoms with Crippen molar-refractivity contribution in [1.82, 2.24) is 0 Å². The van der Waals surface area contributed by atoms with Crippen LogP contribution in [-0.4, -0.2) is 12.7 Å². The van der Waals surface area contributed by atoms with Crippen molar-refractivity contribution >= 4 is 59.2 Å². The van der Waals surface area contributed by atoms with Gasteiger partial charge in [0.25, 0.3) is 0 Å². The summed E-state index contributed by atoms with van der Waals surface area (Å²) in [6, 6.07) is 5.45. The lowest BCUT2D eigenvalue weighted by Gasteiger charge is -2.07. The fourth-order valence-electron chi connectivity index (χ4n) is 0.964. The quantitative estimate of drug-likeness (QED) is 0.789. The van der Waals surface area contributed by atoms with Gasteiger partial charge in [0.1, 0.15) is 0 Å². The number of carbonyl (C=O) groups is 1. The minimum Gasteiger partial charge on any atom is -0.450 e. The molecule has 0 heterocycles. The number of rotatable bonds is 4. The Hall–Kier alpha value is -0.0400. The molecule has 7 heteroatoms. The molecule has 1 aromatic rings. The summed E-state index contributed by atoms with van der Waals surface area (Å²) in [5.41, 5.74) is 0.676. The molecule has 1 amide bonds. The van der Waals surface area contributed by atoms with Crippen molar-refractivity contribution in [1.29, 1.82) is 0 Å². The van der Waals surface area contributed by atoms with Gasteiger partial charge >= 0.3 is 6.09 Å². The Balaban J connectivity index is 2.74. The fraction of sp³-hybridized carbons (Fsp3) is 0.222. The maximum absolute atomic E-state index is 11.2. The normalized spacial score (nSPS) is 9.94. The first-order valence-corrected chi connectivity index (χ1v) is 8.13. The number of hydrogen-bond donors (Lipinski definition) is 1. The number of hydrogen-bond acceptors (Lipinski definition) is 4. The summed E-state index contributed by atoms with van der Waals surface area (Å²) in [7, 11) is 8.08. The van der Waals surface area contributed by atoms with Crippen LogP contribution in [0.2, 0.25) is 0 Å². The Labute approximate surface area is 115 Å². The summed E-state index contributed by atoms with van der Waals surface area (Å²) in [6.07, 6.45) is -0.459. The van der Waals surface area contributed by atoms with Crippen LogP contribution in [0.1, 0.15) is 6.92 Å². The van der Waals surface area contributed by atoms with Crippen molar-refractivity contribution in [2.75, 3.05) is 11.9 Å². The Kier molecular flexibility index (Phi) is 6.41. The van der Waals surface area contributed by atoms with E-state index in [0.717, 1.165) is 19.4 Å². The van der Waals surface area contributed by atoms with Gasteiger partial charge in [0.15, 0.2) is 0 Å². The summed E-state index contributed by atoms with van der Waals surface area (Å²) in [4.78, 5) is 12.1. The predicted octanol–water partition coefficient (Wildman–Crippen LogP) is 4.91. The van der Waals surface area contributed by atoms with Crippen molar-refractivity contribution in [2.45, 2.75) is 11.8 Å². The summed E-state index contributed by atoms with van der Waals surface area (Å²) in [5.74, 6) is 0. The van der Waals surface area contributed by atoms with Gasteiger partial charge in [0.05, 0.1) is 6.61 Å². The zero-order chi connectivity index (χ0) is 12.0. The van der Waals surface area contributed by atoms with E-state index >= 15 is 0 Å². The number of nitrogens with one attached hydrogen (secondary N) is 1. The molecule has 16 heavy (non-hydrogen) atoms. The van der Waals surface area contributed by atoms with Crippen LogP contribution in [0.4, 0.5) is 10.5 Å². The highest BCUT2D eigenvalue weighted by molar-refractivity contribution is 9.10. The number of amides is 1. The van der Waals surface area contributed by atoms with Gasteiger partial charge in [-0.1, -0.05) is 0 Å². The zero-order valence-corrected chi connectivity index (χ0v) is 12.3. The van der Waals surface area contributed by atoms with E-state index in [9.17, 15) is 4.79 Å². The molecule has 0 aromatic heterocycles. The predicted molar refractivity (Wildman–Crippen MR) is 74.1 cm³/mol. The minimum absolute atomic E-state index is 0.349. The topological polar surface area (TPSA) is 38.3 Å². The summed E-state index contributed by atoms with van der Waals surface area (Å²) < 4.78 is 5.71. The first-order valence-electron chi connectivity index (χ1n) is 4.36. The van der Waals surface area contributed by atoms with Crippen molar-refractivity contribution in [3.8, 4) is 0 Å². The number of halogens is 2. The molecule has 0 aliphatic rings. The lowest BCUT2D eigenvalue weighted by Crippen LogP contribution is -2.13. The van der Waals surface area contributed by atoms with Crippen molar-refractivity contribution in [3.05, 3.63) is 22.7 Å². The van der Waals surface area contributed by atoms with Gasteiger partial charge in [-0.3, -0.25) is 5.32 Å². The van der Waals surface area contributed by atoms with E-state index in [1.54, 1.807) is 13.0 Å². The summed E-state index contributed by atoms with van der Waals surface area (Å²) >= 11 is 3.39. The van der Waals surface area contributed by atoms with E-state index < -0.39 is 6.09 Å². The highest BCUT2D eigenvalue weighted by atomic mass is 79.9. The molecule has 0 unspecified atom stereocenters. The molecular formula is C9H9BrClNO2S2. The Morgan fingerprint density at radius 2 is 2.38 bits per heavy atom. The van der Waals surface area contributed by atoms with E-state index in [2.05, 4.69) is 21.2 Å². The smallest absolute Gasteiger partial charge is 0.411 e. The van der Waals surface area contributed by atoms with E-state index in [-0.39, 0.29) is 0 Å². The Morgan fingerprint density at radius 1 is 1.62 bits per heavy atom. The first kappa shape index (κ1) is 14.0. The SMILES string of the molecule is CCOC(=O)Nc1ccc(Br)c(SSCl)c1. The molecule has 3 nitrogen and oxygen atoms in total. The molecule has 0 fully saturated rings. The third-order valence-electron chi connectivity index (χ3n) is 1.57. The lowest BCUT2D eigenvalue weighted by molar-refractivity contribution is 0.168. The molecule has 1 aromatic carbocycles. The van der Waals surface area contributed by atoms with E-state index in [1.807, 2.05) is 12.1 Å². The van der Waals surface area contributed by atoms with Gasteiger partial charge < -0.3 is 4.74 Å². The van der Waals surface area contributed by atoms with Gasteiger partial charge in [0, 0.05) is 25.1 Å². The van der Waals surface area contributed by atoms with Gasteiger partial charge in [-0.15, -0.1) is 0 Å². The van der Waals surface area contributed by atoms with Crippen molar-refractivity contribution < 1.29 is 9.53 Å². The molecule has 0 saturated heterocycles. The van der Waals surface area contributed by atoms with Crippen molar-refractivity contribution in [2.24, 2.45) is 0 Å². The average Bonchev–Trinajstić information content (AvgIpc) is 2.24. The van der Waals surface area contributed by atoms with E-state index in [4.69, 9.17) is 15.4 Å². The van der Waals surface area contributed by atoms with Gasteiger partial charge in [-0.05, 0) is 62.5 Å². The molecule has 0 aliphatic carbocycles. The molecule has 88 valence electrons. The lowest BCUT2D eigenvalue weighted by atomic mass is 10.3. The van der Waals surface area contributed by atoms with Crippen molar-refractivity contribution in [3.63, 3.8) is 0 Å². The number of ether oxygens (including phenoxy) is 1. The Bertz CT molecular complexity index is 379. The van der Waals surface area contributed by atoms with E-state index in [1.165, 1.54) is 10.8 Å². The monoisotopic (exact) mass is 341 g/mol. The van der Waals surface area contributed by atoms with Crippen LogP contribution >= 0.6 is 47.4 Å². The number of benzene rings is 1. The van der Waals surface area contributed by atoms with Gasteiger partial charge in [-0.2, -0.15) is 0 Å². The molecule has 0 spiro atoms. The second-order valence-corrected chi connectivity index (χ2v) is 6.24. The summed E-state index contributed by atoms with van der Waals surface area (Å²) in [5, 5.41) is 2.62. The van der Waals surface area contributed by atoms with Gasteiger partial charge in [0.2, 0.25) is 0 Å². The molecular weight excluding hydrogens is 334 g/mol. The third-order valence-corrected chi connectivity index (χ3v) is 4.40. The molecule has 0 radical (unpaired) electrons. The number of anilines is 1. The molecule has 0 aliphatic heterocycles. The van der Waals surface area contributed by atoms with Crippen LogP contribution < -0.4 is 5.32 Å². The third kappa shape index (κ3) is 4.45. The second kappa shape index (κ2) is 7.32. The van der Waals surface area contributed by atoms with Crippen LogP contribution in [0.3, 0.4) is 0 Å². The van der Waals surface area contributed by atoms with Crippen LogP contribution in [0.25, 0.3) is 0 Å². The first-order chi connectivity index (χ1) is 7.67. The highest BCUT2D eigenvalue weighted by Crippen LogP contribution is 2.39. The van der Waals surface area contributed by atoms with Crippen LogP contribution in [-0.2, 0) is 4.74 Å². The zero-order valence-electron chi connectivity index (χ0n) is 8.33. The molecule has 0 bridgehead atoms. The maximum atomic E-state index is 11.2. The standard InChI is InChI=1S/C9H9BrClNO2S2/c1-2-14-9(13)12-6-3-4-7(10)8(5-6)15-16-11/h3-5H,2H2,1H3,(H,12,13). The fourth-order valence-corrected chi connectivity index (χ4v) is 3.39. The second-order valence-electron chi connectivity index (χ2n) is 2.64. The minimum atomic E-state index is -0.459. The Morgan fingerprint density at radius 3 is 3.00 bits per heavy atom. The number of carbonyl (C=O) groups excluding carboxylic acids is 1. The molecule has 1 N–H and O–H groups in total. The molecule has 0 saturated carbocycles. The average molecular weight is 343 g/mol. The largest absolute Gasteiger partial charge is 0.450 e. The summed E-state index contributed by atoms with van der Waals surface area (Å²) in [6.45, 7) is 2.11. The molecule has 1 rings (SSSR count). The highest BCUT2D eigenvalue weighted by Gasteiger charge is 2.06. The molecule has 0 atom stereocenters. The van der Waals surface area contributed by atoms with Crippen LogP contribution in [0, 0.1) is 0 Å².